The van der Waals surface area contributed by atoms with E-state index in [4.69, 9.17) is 5.11 Å². The lowest BCUT2D eigenvalue weighted by molar-refractivity contribution is -0.144. The number of carbonyl (C=O) groups is 2. The molecule has 1 heterocycles. The number of benzene rings is 1. The molecule has 1 fully saturated rings. The Kier molecular flexibility index (Phi) is 3.92. The van der Waals surface area contributed by atoms with Crippen LogP contribution in [0.3, 0.4) is 0 Å². The standard InChI is InChI=1S/C14H17FN2O3/c1-8-3-11(15)5-12(4-8)16-14(20)17-6-10(7-17)9(2)13(18)19/h3-5,9-10H,6-7H2,1-2H3,(H,16,20)(H,18,19). The number of nitrogens with zero attached hydrogens (tertiary/aromatic N) is 1. The molecule has 0 aromatic heterocycles. The number of urea groups is 1. The largest absolute Gasteiger partial charge is 0.481 e. The van der Waals surface area contributed by atoms with Gasteiger partial charge in [0.2, 0.25) is 0 Å². The zero-order valence-electron chi connectivity index (χ0n) is 11.4. The molecule has 0 aliphatic carbocycles. The van der Waals surface area contributed by atoms with Gasteiger partial charge in [-0.05, 0) is 30.7 Å². The number of halogens is 1. The van der Waals surface area contributed by atoms with E-state index in [0.717, 1.165) is 5.56 Å². The Morgan fingerprint density at radius 1 is 1.40 bits per heavy atom. The molecule has 2 rings (SSSR count). The van der Waals surface area contributed by atoms with Gasteiger partial charge >= 0.3 is 12.0 Å². The summed E-state index contributed by atoms with van der Waals surface area (Å²) in [6.07, 6.45) is 0. The summed E-state index contributed by atoms with van der Waals surface area (Å²) in [5.74, 6) is -1.74. The van der Waals surface area contributed by atoms with Crippen LogP contribution in [0.15, 0.2) is 18.2 Å². The Bertz CT molecular complexity index is 521. The lowest BCUT2D eigenvalue weighted by Gasteiger charge is -2.41. The van der Waals surface area contributed by atoms with E-state index in [1.165, 1.54) is 17.0 Å². The molecule has 2 amide bonds. The van der Waals surface area contributed by atoms with Crippen molar-refractivity contribution in [2.75, 3.05) is 18.4 Å². The van der Waals surface area contributed by atoms with E-state index in [0.29, 0.717) is 18.8 Å². The van der Waals surface area contributed by atoms with E-state index in [2.05, 4.69) is 5.32 Å². The van der Waals surface area contributed by atoms with Crippen molar-refractivity contribution in [1.82, 2.24) is 4.90 Å². The van der Waals surface area contributed by atoms with Crippen molar-refractivity contribution in [2.24, 2.45) is 11.8 Å². The summed E-state index contributed by atoms with van der Waals surface area (Å²) in [7, 11) is 0. The highest BCUT2D eigenvalue weighted by molar-refractivity contribution is 5.90. The summed E-state index contributed by atoms with van der Waals surface area (Å²) in [5.41, 5.74) is 1.13. The van der Waals surface area contributed by atoms with Crippen LogP contribution in [0.4, 0.5) is 14.9 Å². The molecule has 5 nitrogen and oxygen atoms in total. The predicted octanol–water partition coefficient (Wildman–Crippen LogP) is 2.32. The number of rotatable bonds is 3. The van der Waals surface area contributed by atoms with E-state index < -0.39 is 17.7 Å². The molecule has 0 spiro atoms. The van der Waals surface area contributed by atoms with Crippen LogP contribution in [-0.4, -0.2) is 35.1 Å². The fraction of sp³-hybridized carbons (Fsp3) is 0.429. The maximum absolute atomic E-state index is 13.2. The van der Waals surface area contributed by atoms with Crippen molar-refractivity contribution in [3.63, 3.8) is 0 Å². The lowest BCUT2D eigenvalue weighted by Crippen LogP contribution is -2.54. The number of carboxylic acid groups (broad SMARTS) is 1. The monoisotopic (exact) mass is 280 g/mol. The van der Waals surface area contributed by atoms with Gasteiger partial charge in [-0.15, -0.1) is 0 Å². The average molecular weight is 280 g/mol. The third-order valence-corrected chi connectivity index (χ3v) is 3.59. The van der Waals surface area contributed by atoms with Gasteiger partial charge in [0.1, 0.15) is 5.82 Å². The van der Waals surface area contributed by atoms with Crippen molar-refractivity contribution in [1.29, 1.82) is 0 Å². The average Bonchev–Trinajstić information content (AvgIpc) is 2.24. The maximum Gasteiger partial charge on any atom is 0.321 e. The lowest BCUT2D eigenvalue weighted by atomic mass is 9.87. The first-order valence-corrected chi connectivity index (χ1v) is 6.42. The van der Waals surface area contributed by atoms with Crippen LogP contribution in [0.2, 0.25) is 0 Å². The predicted molar refractivity (Wildman–Crippen MR) is 72.0 cm³/mol. The molecule has 0 saturated carbocycles. The minimum atomic E-state index is -0.851. The van der Waals surface area contributed by atoms with Crippen molar-refractivity contribution >= 4 is 17.7 Å². The van der Waals surface area contributed by atoms with Crippen LogP contribution in [-0.2, 0) is 4.79 Å². The summed E-state index contributed by atoms with van der Waals surface area (Å²) >= 11 is 0. The first kappa shape index (κ1) is 14.3. The third-order valence-electron chi connectivity index (χ3n) is 3.59. The SMILES string of the molecule is Cc1cc(F)cc(NC(=O)N2CC(C(C)C(=O)O)C2)c1. The first-order chi connectivity index (χ1) is 9.36. The highest BCUT2D eigenvalue weighted by atomic mass is 19.1. The highest BCUT2D eigenvalue weighted by Crippen LogP contribution is 2.25. The number of likely N-dealkylation sites (tertiary alicyclic amines) is 1. The molecule has 1 saturated heterocycles. The van der Waals surface area contributed by atoms with Crippen LogP contribution in [0.25, 0.3) is 0 Å². The van der Waals surface area contributed by atoms with Gasteiger partial charge in [0, 0.05) is 24.7 Å². The minimum Gasteiger partial charge on any atom is -0.481 e. The molecule has 2 N–H and O–H groups in total. The first-order valence-electron chi connectivity index (χ1n) is 6.42. The van der Waals surface area contributed by atoms with Gasteiger partial charge in [0.25, 0.3) is 0 Å². The van der Waals surface area contributed by atoms with Gasteiger partial charge in [-0.1, -0.05) is 6.92 Å². The fourth-order valence-corrected chi connectivity index (χ4v) is 2.21. The number of nitrogens with one attached hydrogen (secondary N) is 1. The summed E-state index contributed by atoms with van der Waals surface area (Å²) in [4.78, 5) is 24.2. The summed E-state index contributed by atoms with van der Waals surface area (Å²) in [6.45, 7) is 4.20. The number of aryl methyl sites for hydroxylation is 1. The molecule has 1 aromatic rings. The number of hydrogen-bond donors (Lipinski definition) is 2. The minimum absolute atomic E-state index is 0.0208. The van der Waals surface area contributed by atoms with Crippen LogP contribution >= 0.6 is 0 Å². The molecule has 1 aliphatic heterocycles. The molecule has 1 unspecified atom stereocenters. The summed E-state index contributed by atoms with van der Waals surface area (Å²) in [5, 5.41) is 11.5. The highest BCUT2D eigenvalue weighted by Gasteiger charge is 2.37. The summed E-state index contributed by atoms with van der Waals surface area (Å²) in [6, 6.07) is 3.98. The number of amides is 2. The normalized spacial score (nSPS) is 16.4. The number of carboxylic acids is 1. The second-order valence-corrected chi connectivity index (χ2v) is 5.24. The number of carbonyl (C=O) groups excluding carboxylic acids is 1. The molecule has 1 atom stereocenters. The second kappa shape index (κ2) is 5.48. The van der Waals surface area contributed by atoms with Crippen LogP contribution in [0.1, 0.15) is 12.5 Å². The second-order valence-electron chi connectivity index (χ2n) is 5.24. The van der Waals surface area contributed by atoms with Gasteiger partial charge in [0.15, 0.2) is 0 Å². The Hall–Kier alpha value is -2.11. The Labute approximate surface area is 116 Å². The Morgan fingerprint density at radius 2 is 2.05 bits per heavy atom. The van der Waals surface area contributed by atoms with Gasteiger partial charge in [-0.3, -0.25) is 4.79 Å². The van der Waals surface area contributed by atoms with E-state index in [-0.39, 0.29) is 11.9 Å². The zero-order chi connectivity index (χ0) is 14.9. The van der Waals surface area contributed by atoms with Gasteiger partial charge in [0.05, 0.1) is 5.92 Å². The topological polar surface area (TPSA) is 69.6 Å². The quantitative estimate of drug-likeness (QED) is 0.892. The smallest absolute Gasteiger partial charge is 0.321 e. The van der Waals surface area contributed by atoms with Crippen molar-refractivity contribution in [3.05, 3.63) is 29.6 Å². The van der Waals surface area contributed by atoms with Gasteiger partial charge in [-0.25, -0.2) is 9.18 Å². The Morgan fingerprint density at radius 3 is 2.60 bits per heavy atom. The van der Waals surface area contributed by atoms with Crippen LogP contribution in [0, 0.1) is 24.6 Å². The molecule has 1 aliphatic rings. The van der Waals surface area contributed by atoms with E-state index in [1.54, 1.807) is 19.9 Å². The van der Waals surface area contributed by atoms with Crippen molar-refractivity contribution in [3.8, 4) is 0 Å². The number of anilines is 1. The van der Waals surface area contributed by atoms with Crippen LogP contribution < -0.4 is 5.32 Å². The van der Waals surface area contributed by atoms with Gasteiger partial charge in [-0.2, -0.15) is 0 Å². The zero-order valence-corrected chi connectivity index (χ0v) is 11.4. The van der Waals surface area contributed by atoms with Crippen molar-refractivity contribution in [2.45, 2.75) is 13.8 Å². The maximum atomic E-state index is 13.2. The molecule has 0 bridgehead atoms. The number of aliphatic carboxylic acids is 1. The third kappa shape index (κ3) is 3.07. The molecule has 0 radical (unpaired) electrons. The molecule has 108 valence electrons. The van der Waals surface area contributed by atoms with E-state index in [1.807, 2.05) is 0 Å². The fourth-order valence-electron chi connectivity index (χ4n) is 2.21. The van der Waals surface area contributed by atoms with E-state index >= 15 is 0 Å². The molecular formula is C14H17FN2O3. The van der Waals surface area contributed by atoms with E-state index in [9.17, 15) is 14.0 Å². The molecule has 6 heteroatoms. The van der Waals surface area contributed by atoms with Crippen LogP contribution in [0.5, 0.6) is 0 Å². The molecule has 20 heavy (non-hydrogen) atoms. The van der Waals surface area contributed by atoms with Crippen molar-refractivity contribution < 1.29 is 19.1 Å². The number of hydrogen-bond acceptors (Lipinski definition) is 2. The summed E-state index contributed by atoms with van der Waals surface area (Å²) < 4.78 is 13.2. The molecule has 1 aromatic carbocycles. The molecular weight excluding hydrogens is 263 g/mol. The Balaban J connectivity index is 1.90. The van der Waals surface area contributed by atoms with Gasteiger partial charge < -0.3 is 15.3 Å².